The number of rotatable bonds is 3. The first kappa shape index (κ1) is 10.8. The van der Waals surface area contributed by atoms with Crippen molar-refractivity contribution in [2.45, 2.75) is 19.5 Å². The second kappa shape index (κ2) is 3.48. The van der Waals surface area contributed by atoms with Gasteiger partial charge >= 0.3 is 6.18 Å². The molecule has 0 fully saturated rings. The first-order valence-corrected chi connectivity index (χ1v) is 4.06. The first-order chi connectivity index (χ1) is 6.39. The molecule has 0 spiro atoms. The van der Waals surface area contributed by atoms with E-state index < -0.39 is 11.6 Å². The lowest BCUT2D eigenvalue weighted by Crippen LogP contribution is -2.35. The van der Waals surface area contributed by atoms with E-state index in [0.717, 1.165) is 13.0 Å². The number of halogens is 3. The fourth-order valence-electron chi connectivity index (χ4n) is 1.07. The van der Waals surface area contributed by atoms with Crippen LogP contribution < -0.4 is 0 Å². The Morgan fingerprint density at radius 3 is 2.57 bits per heavy atom. The summed E-state index contributed by atoms with van der Waals surface area (Å²) in [5.74, 6) is 0. The highest BCUT2D eigenvalue weighted by Crippen LogP contribution is 2.41. The van der Waals surface area contributed by atoms with E-state index in [1.54, 1.807) is 0 Å². The smallest absolute Gasteiger partial charge is 0.348 e. The highest BCUT2D eigenvalue weighted by molar-refractivity contribution is 5.07. The van der Waals surface area contributed by atoms with Gasteiger partial charge in [-0.3, -0.25) is 0 Å². The number of allylic oxidation sites excluding steroid dienone is 1. The van der Waals surface area contributed by atoms with Crippen LogP contribution in [0.4, 0.5) is 13.2 Å². The van der Waals surface area contributed by atoms with Gasteiger partial charge in [-0.15, -0.1) is 6.58 Å². The molecule has 0 amide bonds. The van der Waals surface area contributed by atoms with Crippen molar-refractivity contribution in [3.8, 4) is 0 Å². The minimum atomic E-state index is -4.29. The third kappa shape index (κ3) is 1.97. The Morgan fingerprint density at radius 1 is 1.57 bits per heavy atom. The molecule has 0 radical (unpaired) electrons. The molecule has 1 N–H and O–H groups in total. The average Bonchev–Trinajstić information content (AvgIpc) is 2.54. The first-order valence-electron chi connectivity index (χ1n) is 4.06. The van der Waals surface area contributed by atoms with Crippen molar-refractivity contribution in [2.24, 2.45) is 5.41 Å². The van der Waals surface area contributed by atoms with Gasteiger partial charge in [-0.1, -0.05) is 6.08 Å². The van der Waals surface area contributed by atoms with Crippen LogP contribution in [0.15, 0.2) is 25.2 Å². The summed E-state index contributed by atoms with van der Waals surface area (Å²) in [5.41, 5.74) is -1.45. The maximum atomic E-state index is 12.6. The Labute approximate surface area is 79.9 Å². The van der Waals surface area contributed by atoms with Crippen molar-refractivity contribution in [3.63, 3.8) is 0 Å². The molecule has 1 rings (SSSR count). The maximum absolute atomic E-state index is 12.6. The Kier molecular flexibility index (Phi) is 2.69. The van der Waals surface area contributed by atoms with Gasteiger partial charge in [0.1, 0.15) is 0 Å². The van der Waals surface area contributed by atoms with E-state index in [9.17, 15) is 13.2 Å². The topological polar surface area (TPSA) is 28.7 Å². The summed E-state index contributed by atoms with van der Waals surface area (Å²) < 4.78 is 37.8. The lowest BCUT2D eigenvalue weighted by molar-refractivity contribution is -0.199. The minimum absolute atomic E-state index is 0.167. The predicted octanol–water partition coefficient (Wildman–Crippen LogP) is 2.71. The summed E-state index contributed by atoms with van der Waals surface area (Å²) in [6.45, 7) is 4.34. The summed E-state index contributed by atoms with van der Waals surface area (Å²) >= 11 is 0. The second-order valence-corrected chi connectivity index (χ2v) is 3.37. The van der Waals surface area contributed by atoms with Crippen LogP contribution in [0.25, 0.3) is 0 Å². The van der Waals surface area contributed by atoms with E-state index in [1.165, 1.54) is 12.5 Å². The molecule has 0 bridgehead atoms. The lowest BCUT2D eigenvalue weighted by atomic mass is 9.85. The zero-order chi connectivity index (χ0) is 10.8. The summed E-state index contributed by atoms with van der Waals surface area (Å²) in [6.07, 6.45) is -0.795. The second-order valence-electron chi connectivity index (χ2n) is 3.37. The zero-order valence-electron chi connectivity index (χ0n) is 7.73. The molecule has 1 unspecified atom stereocenters. The van der Waals surface area contributed by atoms with Crippen LogP contribution in [0.3, 0.4) is 0 Å². The van der Waals surface area contributed by atoms with E-state index in [1.807, 2.05) is 0 Å². The van der Waals surface area contributed by atoms with Gasteiger partial charge < -0.3 is 4.98 Å². The number of hydrogen-bond donors (Lipinski definition) is 1. The molecule has 0 aliphatic heterocycles. The molecule has 0 aliphatic rings. The third-order valence-electron chi connectivity index (χ3n) is 2.21. The van der Waals surface area contributed by atoms with Gasteiger partial charge in [0.15, 0.2) is 0 Å². The monoisotopic (exact) mass is 204 g/mol. The fourth-order valence-corrected chi connectivity index (χ4v) is 1.07. The van der Waals surface area contributed by atoms with Crippen molar-refractivity contribution < 1.29 is 13.2 Å². The molecular formula is C9H11F3N2. The Morgan fingerprint density at radius 2 is 2.21 bits per heavy atom. The van der Waals surface area contributed by atoms with Crippen LogP contribution in [0, 0.1) is 5.41 Å². The number of H-pyrrole nitrogens is 1. The molecule has 0 saturated heterocycles. The number of nitrogens with one attached hydrogen (secondary N) is 1. The van der Waals surface area contributed by atoms with Gasteiger partial charge in [0, 0.05) is 18.3 Å². The largest absolute Gasteiger partial charge is 0.397 e. The van der Waals surface area contributed by atoms with Crippen molar-refractivity contribution in [1.82, 2.24) is 9.97 Å². The van der Waals surface area contributed by atoms with Crippen molar-refractivity contribution in [3.05, 3.63) is 30.9 Å². The van der Waals surface area contributed by atoms with Gasteiger partial charge in [-0.05, 0) is 6.92 Å². The standard InChI is InChI=1S/C9H11F3N2/c1-3-8(2,9(10,11)12)4-7-5-13-6-14-7/h3,5-6H,1,4H2,2H3,(H,13,14). The highest BCUT2D eigenvalue weighted by atomic mass is 19.4. The van der Waals surface area contributed by atoms with Crippen molar-refractivity contribution in [2.75, 3.05) is 0 Å². The number of aromatic amines is 1. The number of hydrogen-bond acceptors (Lipinski definition) is 1. The van der Waals surface area contributed by atoms with Crippen LogP contribution in [0.1, 0.15) is 12.6 Å². The normalized spacial score (nSPS) is 16.3. The van der Waals surface area contributed by atoms with E-state index in [-0.39, 0.29) is 6.42 Å². The Bertz CT molecular complexity index is 302. The number of alkyl halides is 3. The average molecular weight is 204 g/mol. The summed E-state index contributed by atoms with van der Waals surface area (Å²) in [6, 6.07) is 0. The molecule has 2 nitrogen and oxygen atoms in total. The molecule has 78 valence electrons. The van der Waals surface area contributed by atoms with Crippen molar-refractivity contribution in [1.29, 1.82) is 0 Å². The minimum Gasteiger partial charge on any atom is -0.348 e. The number of imidazole rings is 1. The molecule has 0 aliphatic carbocycles. The number of nitrogens with zero attached hydrogens (tertiary/aromatic N) is 1. The predicted molar refractivity (Wildman–Crippen MR) is 46.7 cm³/mol. The fraction of sp³-hybridized carbons (Fsp3) is 0.444. The van der Waals surface area contributed by atoms with Crippen LogP contribution >= 0.6 is 0 Å². The van der Waals surface area contributed by atoms with Crippen molar-refractivity contribution >= 4 is 0 Å². The number of aromatic nitrogens is 2. The molecule has 1 aromatic rings. The van der Waals surface area contributed by atoms with Gasteiger partial charge in [0.2, 0.25) is 0 Å². The van der Waals surface area contributed by atoms with E-state index in [0.29, 0.717) is 5.69 Å². The van der Waals surface area contributed by atoms with Crippen LogP contribution in [-0.4, -0.2) is 16.1 Å². The summed E-state index contributed by atoms with van der Waals surface area (Å²) in [4.78, 5) is 6.31. The molecule has 5 heteroatoms. The van der Waals surface area contributed by atoms with Gasteiger partial charge in [0.05, 0.1) is 11.7 Å². The Balaban J connectivity index is 2.87. The molecular weight excluding hydrogens is 193 g/mol. The molecule has 1 heterocycles. The SMILES string of the molecule is C=CC(C)(Cc1cnc[nH]1)C(F)(F)F. The third-order valence-corrected chi connectivity index (χ3v) is 2.21. The van der Waals surface area contributed by atoms with Gasteiger partial charge in [-0.25, -0.2) is 4.98 Å². The highest BCUT2D eigenvalue weighted by Gasteiger charge is 2.48. The molecule has 1 aromatic heterocycles. The van der Waals surface area contributed by atoms with E-state index in [4.69, 9.17) is 0 Å². The Hall–Kier alpha value is -1.26. The van der Waals surface area contributed by atoms with Gasteiger partial charge in [0.25, 0.3) is 0 Å². The molecule has 1 atom stereocenters. The van der Waals surface area contributed by atoms with E-state index in [2.05, 4.69) is 16.5 Å². The zero-order valence-corrected chi connectivity index (χ0v) is 7.73. The summed E-state index contributed by atoms with van der Waals surface area (Å²) in [5, 5.41) is 0. The quantitative estimate of drug-likeness (QED) is 0.753. The lowest BCUT2D eigenvalue weighted by Gasteiger charge is -2.27. The van der Waals surface area contributed by atoms with Crippen LogP contribution in [-0.2, 0) is 6.42 Å². The van der Waals surface area contributed by atoms with Crippen LogP contribution in [0.2, 0.25) is 0 Å². The van der Waals surface area contributed by atoms with Crippen LogP contribution in [0.5, 0.6) is 0 Å². The van der Waals surface area contributed by atoms with Gasteiger partial charge in [-0.2, -0.15) is 13.2 Å². The molecule has 0 saturated carbocycles. The molecule has 0 aromatic carbocycles. The molecule has 14 heavy (non-hydrogen) atoms. The van der Waals surface area contributed by atoms with E-state index >= 15 is 0 Å². The maximum Gasteiger partial charge on any atom is 0.397 e. The summed E-state index contributed by atoms with van der Waals surface area (Å²) in [7, 11) is 0.